The first-order chi connectivity index (χ1) is 8.45. The van der Waals surface area contributed by atoms with Crippen molar-refractivity contribution in [2.75, 3.05) is 13.7 Å². The van der Waals surface area contributed by atoms with Crippen LogP contribution in [0.5, 0.6) is 0 Å². The Morgan fingerprint density at radius 2 is 2.17 bits per heavy atom. The van der Waals surface area contributed by atoms with Crippen molar-refractivity contribution < 1.29 is 13.9 Å². The third kappa shape index (κ3) is 3.96. The monoisotopic (exact) mass is 273 g/mol. The van der Waals surface area contributed by atoms with Gasteiger partial charge in [-0.25, -0.2) is 4.39 Å². The molecule has 0 aliphatic heterocycles. The lowest BCUT2D eigenvalue weighted by molar-refractivity contribution is -0.142. The lowest BCUT2D eigenvalue weighted by Crippen LogP contribution is -2.35. The number of nitrogens with zero attached hydrogens (tertiary/aromatic N) is 1. The van der Waals surface area contributed by atoms with Crippen molar-refractivity contribution in [1.82, 2.24) is 4.90 Å². The molecule has 0 unspecified atom stereocenters. The molecule has 0 saturated carbocycles. The summed E-state index contributed by atoms with van der Waals surface area (Å²) in [5, 5.41) is 0.105. The van der Waals surface area contributed by atoms with Gasteiger partial charge in [0.25, 0.3) is 0 Å². The highest BCUT2D eigenvalue weighted by molar-refractivity contribution is 6.31. The molecular weight excluding hydrogens is 257 g/mol. The molecule has 18 heavy (non-hydrogen) atoms. The predicted octanol–water partition coefficient (Wildman–Crippen LogP) is 2.86. The standard InChI is InChI=1S/C13H17ClFNO2/c1-9(2)16(8-12(17)18-3)7-10-5-4-6-11(15)13(10)14/h4-6,9H,7-8H2,1-3H3. The molecule has 0 fully saturated rings. The Morgan fingerprint density at radius 3 is 2.72 bits per heavy atom. The summed E-state index contributed by atoms with van der Waals surface area (Å²) in [7, 11) is 1.34. The molecule has 0 aliphatic carbocycles. The lowest BCUT2D eigenvalue weighted by atomic mass is 10.2. The smallest absolute Gasteiger partial charge is 0.319 e. The van der Waals surface area contributed by atoms with Crippen LogP contribution < -0.4 is 0 Å². The number of carbonyl (C=O) groups excluding carboxylic acids is 1. The summed E-state index contributed by atoms with van der Waals surface area (Å²) in [6.07, 6.45) is 0. The van der Waals surface area contributed by atoms with E-state index in [1.807, 2.05) is 18.7 Å². The Kier molecular flexibility index (Phi) is 5.56. The van der Waals surface area contributed by atoms with E-state index >= 15 is 0 Å². The van der Waals surface area contributed by atoms with Crippen LogP contribution >= 0.6 is 11.6 Å². The first kappa shape index (κ1) is 14.9. The number of carbonyl (C=O) groups is 1. The molecule has 1 rings (SSSR count). The van der Waals surface area contributed by atoms with Gasteiger partial charge in [0.05, 0.1) is 18.7 Å². The van der Waals surface area contributed by atoms with Crippen molar-refractivity contribution >= 4 is 17.6 Å². The molecular formula is C13H17ClFNO2. The van der Waals surface area contributed by atoms with Crippen molar-refractivity contribution in [3.05, 3.63) is 34.6 Å². The molecule has 100 valence electrons. The number of esters is 1. The van der Waals surface area contributed by atoms with Gasteiger partial charge in [-0.15, -0.1) is 0 Å². The minimum absolute atomic E-state index is 0.105. The topological polar surface area (TPSA) is 29.5 Å². The summed E-state index contributed by atoms with van der Waals surface area (Å²) in [6.45, 7) is 4.47. The van der Waals surface area contributed by atoms with Crippen LogP contribution in [0.1, 0.15) is 19.4 Å². The highest BCUT2D eigenvalue weighted by Gasteiger charge is 2.17. The quantitative estimate of drug-likeness (QED) is 0.773. The van der Waals surface area contributed by atoms with Crippen LogP contribution in [0.15, 0.2) is 18.2 Å². The number of hydrogen-bond donors (Lipinski definition) is 0. The van der Waals surface area contributed by atoms with Gasteiger partial charge in [-0.3, -0.25) is 9.69 Å². The Balaban J connectivity index is 2.83. The number of benzene rings is 1. The van der Waals surface area contributed by atoms with Crippen molar-refractivity contribution in [1.29, 1.82) is 0 Å². The van der Waals surface area contributed by atoms with Crippen molar-refractivity contribution in [3.8, 4) is 0 Å². The molecule has 0 bridgehead atoms. The molecule has 0 heterocycles. The normalized spacial score (nSPS) is 11.1. The van der Waals surface area contributed by atoms with Gasteiger partial charge >= 0.3 is 5.97 Å². The van der Waals surface area contributed by atoms with Crippen LogP contribution in [0.4, 0.5) is 4.39 Å². The van der Waals surface area contributed by atoms with E-state index in [2.05, 4.69) is 4.74 Å². The molecule has 0 aromatic heterocycles. The van der Waals surface area contributed by atoms with Crippen LogP contribution in [0.3, 0.4) is 0 Å². The Morgan fingerprint density at radius 1 is 1.50 bits per heavy atom. The summed E-state index contributed by atoms with van der Waals surface area (Å²) >= 11 is 5.89. The van der Waals surface area contributed by atoms with Gasteiger partial charge in [-0.2, -0.15) is 0 Å². The first-order valence-corrected chi connectivity index (χ1v) is 6.07. The fraction of sp³-hybridized carbons (Fsp3) is 0.462. The highest BCUT2D eigenvalue weighted by atomic mass is 35.5. The Hall–Kier alpha value is -1.13. The average molecular weight is 274 g/mol. The molecule has 1 aromatic carbocycles. The van der Waals surface area contributed by atoms with Crippen LogP contribution in [-0.2, 0) is 16.1 Å². The molecule has 0 spiro atoms. The van der Waals surface area contributed by atoms with Crippen molar-refractivity contribution in [2.45, 2.75) is 26.4 Å². The van der Waals surface area contributed by atoms with Crippen LogP contribution in [0.2, 0.25) is 5.02 Å². The first-order valence-electron chi connectivity index (χ1n) is 5.69. The van der Waals surface area contributed by atoms with Gasteiger partial charge < -0.3 is 4.74 Å². The van der Waals surface area contributed by atoms with Crippen molar-refractivity contribution in [3.63, 3.8) is 0 Å². The summed E-state index contributed by atoms with van der Waals surface area (Å²) in [5.74, 6) is -0.771. The molecule has 5 heteroatoms. The van der Waals surface area contributed by atoms with Gasteiger partial charge in [0, 0.05) is 12.6 Å². The zero-order valence-corrected chi connectivity index (χ0v) is 11.5. The molecule has 0 saturated heterocycles. The van der Waals surface area contributed by atoms with E-state index < -0.39 is 5.82 Å². The minimum Gasteiger partial charge on any atom is -0.468 e. The van der Waals surface area contributed by atoms with Gasteiger partial charge in [0.15, 0.2) is 0 Å². The molecule has 0 N–H and O–H groups in total. The fourth-order valence-corrected chi connectivity index (χ4v) is 1.73. The highest BCUT2D eigenvalue weighted by Crippen LogP contribution is 2.21. The lowest BCUT2D eigenvalue weighted by Gasteiger charge is -2.25. The maximum atomic E-state index is 13.3. The fourth-order valence-electron chi connectivity index (χ4n) is 1.54. The van der Waals surface area contributed by atoms with E-state index in [-0.39, 0.29) is 23.6 Å². The molecule has 0 aliphatic rings. The third-order valence-corrected chi connectivity index (χ3v) is 3.12. The zero-order valence-electron chi connectivity index (χ0n) is 10.7. The summed E-state index contributed by atoms with van der Waals surface area (Å²) < 4.78 is 18.0. The maximum absolute atomic E-state index is 13.3. The summed E-state index contributed by atoms with van der Waals surface area (Å²) in [4.78, 5) is 13.2. The molecule has 0 radical (unpaired) electrons. The second-order valence-electron chi connectivity index (χ2n) is 4.29. The van der Waals surface area contributed by atoms with E-state index in [1.165, 1.54) is 13.2 Å². The van der Waals surface area contributed by atoms with Gasteiger partial charge in [0.1, 0.15) is 5.82 Å². The number of methoxy groups -OCH3 is 1. The van der Waals surface area contributed by atoms with Gasteiger partial charge in [-0.1, -0.05) is 23.7 Å². The SMILES string of the molecule is COC(=O)CN(Cc1cccc(F)c1Cl)C(C)C. The predicted molar refractivity (Wildman–Crippen MR) is 69.0 cm³/mol. The molecule has 1 aromatic rings. The molecule has 0 atom stereocenters. The summed E-state index contributed by atoms with van der Waals surface area (Å²) in [6, 6.07) is 4.79. The summed E-state index contributed by atoms with van der Waals surface area (Å²) in [5.41, 5.74) is 0.661. The third-order valence-electron chi connectivity index (χ3n) is 2.70. The number of ether oxygens (including phenoxy) is 1. The Labute approximate surface area is 111 Å². The van der Waals surface area contributed by atoms with E-state index in [4.69, 9.17) is 11.6 Å². The van der Waals surface area contributed by atoms with E-state index in [0.717, 1.165) is 0 Å². The second kappa shape index (κ2) is 6.71. The van der Waals surface area contributed by atoms with Crippen molar-refractivity contribution in [2.24, 2.45) is 0 Å². The number of rotatable bonds is 5. The zero-order chi connectivity index (χ0) is 13.7. The Bertz CT molecular complexity index is 423. The van der Waals surface area contributed by atoms with Crippen LogP contribution in [-0.4, -0.2) is 30.6 Å². The number of halogens is 2. The van der Waals surface area contributed by atoms with Crippen LogP contribution in [0.25, 0.3) is 0 Å². The van der Waals surface area contributed by atoms with Crippen LogP contribution in [0, 0.1) is 5.82 Å². The molecule has 0 amide bonds. The van der Waals surface area contributed by atoms with Gasteiger partial charge in [-0.05, 0) is 25.5 Å². The largest absolute Gasteiger partial charge is 0.468 e. The average Bonchev–Trinajstić information content (AvgIpc) is 2.33. The number of hydrogen-bond acceptors (Lipinski definition) is 3. The van der Waals surface area contributed by atoms with E-state index in [1.54, 1.807) is 12.1 Å². The minimum atomic E-state index is -0.448. The van der Waals surface area contributed by atoms with Gasteiger partial charge in [0.2, 0.25) is 0 Å². The van der Waals surface area contributed by atoms with E-state index in [0.29, 0.717) is 12.1 Å². The maximum Gasteiger partial charge on any atom is 0.319 e. The van der Waals surface area contributed by atoms with E-state index in [9.17, 15) is 9.18 Å². The molecule has 3 nitrogen and oxygen atoms in total. The second-order valence-corrected chi connectivity index (χ2v) is 4.67.